The minimum atomic E-state index is -1.46. The van der Waals surface area contributed by atoms with Crippen LogP contribution in [0.1, 0.15) is 47.1 Å². The van der Waals surface area contributed by atoms with Gasteiger partial charge < -0.3 is 4.74 Å². The summed E-state index contributed by atoms with van der Waals surface area (Å²) in [5.41, 5.74) is -0.611. The number of hydrogen-bond acceptors (Lipinski definition) is 5. The smallest absolute Gasteiger partial charge is 0.421 e. The van der Waals surface area contributed by atoms with Crippen molar-refractivity contribution in [3.63, 3.8) is 0 Å². The van der Waals surface area contributed by atoms with Crippen LogP contribution < -0.4 is 4.90 Å². The number of para-hydroxylation sites is 1. The Morgan fingerprint density at radius 2 is 1.20 bits per heavy atom. The Labute approximate surface area is 203 Å². The van der Waals surface area contributed by atoms with Crippen LogP contribution in [0.4, 0.5) is 10.5 Å². The van der Waals surface area contributed by atoms with Gasteiger partial charge in [0.15, 0.2) is 11.6 Å². The van der Waals surface area contributed by atoms with E-state index in [0.717, 1.165) is 4.90 Å². The van der Waals surface area contributed by atoms with E-state index in [1.165, 1.54) is 0 Å². The Balaban J connectivity index is 1.66. The first-order valence-corrected chi connectivity index (χ1v) is 11.5. The van der Waals surface area contributed by atoms with Crippen LogP contribution in [0, 0.1) is 11.8 Å². The van der Waals surface area contributed by atoms with Crippen molar-refractivity contribution >= 4 is 29.3 Å². The second kappa shape index (κ2) is 8.01. The fraction of sp³-hybridized carbons (Fsp3) is 0.241. The van der Waals surface area contributed by atoms with Crippen molar-refractivity contribution in [2.75, 3.05) is 4.90 Å². The predicted octanol–water partition coefficient (Wildman–Crippen LogP) is 5.22. The number of amides is 2. The third kappa shape index (κ3) is 3.48. The summed E-state index contributed by atoms with van der Waals surface area (Å²) < 4.78 is 5.53. The zero-order valence-electron chi connectivity index (χ0n) is 19.7. The van der Waals surface area contributed by atoms with Gasteiger partial charge in [0, 0.05) is 11.1 Å². The number of Topliss-reactive ketones (excluding diaryl/α,β-unsaturated/α-hetero) is 2. The number of fused-ring (bicyclic) bond motifs is 2. The minimum Gasteiger partial charge on any atom is -0.443 e. The van der Waals surface area contributed by atoms with Gasteiger partial charge in [0.1, 0.15) is 5.60 Å². The van der Waals surface area contributed by atoms with Crippen LogP contribution in [-0.2, 0) is 14.9 Å². The van der Waals surface area contributed by atoms with Crippen LogP contribution in [0.2, 0.25) is 0 Å². The second-order valence-electron chi connectivity index (χ2n) is 9.92. The Kier molecular flexibility index (Phi) is 5.20. The quantitative estimate of drug-likeness (QED) is 0.492. The van der Waals surface area contributed by atoms with Crippen LogP contribution in [0.25, 0.3) is 0 Å². The summed E-state index contributed by atoms with van der Waals surface area (Å²) in [5.74, 6) is -3.06. The van der Waals surface area contributed by atoms with E-state index in [9.17, 15) is 19.2 Å². The molecular weight excluding hydrogens is 442 g/mol. The lowest BCUT2D eigenvalue weighted by Crippen LogP contribution is -2.42. The minimum absolute atomic E-state index is 0.297. The molecule has 176 valence electrons. The van der Waals surface area contributed by atoms with Gasteiger partial charge in [-0.05, 0) is 32.4 Å². The molecule has 0 N–H and O–H groups in total. The molecule has 2 atom stereocenters. The van der Waals surface area contributed by atoms with Gasteiger partial charge in [-0.15, -0.1) is 0 Å². The van der Waals surface area contributed by atoms with Gasteiger partial charge in [0.05, 0.1) is 22.9 Å². The fourth-order valence-corrected chi connectivity index (χ4v) is 5.19. The van der Waals surface area contributed by atoms with Gasteiger partial charge in [-0.2, -0.15) is 0 Å². The molecule has 1 heterocycles. The Hall–Kier alpha value is -4.06. The van der Waals surface area contributed by atoms with Crippen LogP contribution in [0.5, 0.6) is 0 Å². The molecule has 1 fully saturated rings. The zero-order chi connectivity index (χ0) is 25.0. The molecule has 0 saturated heterocycles. The van der Waals surface area contributed by atoms with Crippen LogP contribution in [0.15, 0.2) is 84.9 Å². The lowest BCUT2D eigenvalue weighted by Gasteiger charge is -2.24. The number of imide groups is 1. The summed E-state index contributed by atoms with van der Waals surface area (Å²) >= 11 is 0. The van der Waals surface area contributed by atoms with E-state index in [-0.39, 0.29) is 11.6 Å². The van der Waals surface area contributed by atoms with Crippen molar-refractivity contribution in [3.8, 4) is 0 Å². The third-order valence-corrected chi connectivity index (χ3v) is 6.61. The SMILES string of the molecule is CC(C)(C)OC(=O)N1C(=O)C2(c3ccccc31)[C@@H](C(=O)c1ccccc1)[C@@H]2C(=O)c1ccccc1. The number of carbonyl (C=O) groups excluding carboxylic acids is 4. The molecular formula is C29H25NO5. The topological polar surface area (TPSA) is 80.8 Å². The molecule has 3 aromatic rings. The number of ether oxygens (including phenoxy) is 1. The van der Waals surface area contributed by atoms with Crippen molar-refractivity contribution in [2.24, 2.45) is 11.8 Å². The Morgan fingerprint density at radius 1 is 0.743 bits per heavy atom. The average molecular weight is 468 g/mol. The van der Waals surface area contributed by atoms with Crippen molar-refractivity contribution in [1.29, 1.82) is 0 Å². The molecule has 0 unspecified atom stereocenters. The predicted molar refractivity (Wildman–Crippen MR) is 130 cm³/mol. The first-order chi connectivity index (χ1) is 16.7. The van der Waals surface area contributed by atoms with Crippen molar-refractivity contribution in [2.45, 2.75) is 31.8 Å². The summed E-state index contributed by atoms with van der Waals surface area (Å²) in [5, 5.41) is 0. The van der Waals surface area contributed by atoms with Crippen LogP contribution in [-0.4, -0.2) is 29.2 Å². The lowest BCUT2D eigenvalue weighted by atomic mass is 9.90. The van der Waals surface area contributed by atoms with Crippen molar-refractivity contribution < 1.29 is 23.9 Å². The molecule has 3 aromatic carbocycles. The third-order valence-electron chi connectivity index (χ3n) is 6.61. The van der Waals surface area contributed by atoms with Gasteiger partial charge in [-0.1, -0.05) is 78.9 Å². The van der Waals surface area contributed by atoms with E-state index in [0.29, 0.717) is 22.4 Å². The molecule has 1 saturated carbocycles. The van der Waals surface area contributed by atoms with Gasteiger partial charge in [0.2, 0.25) is 5.91 Å². The monoisotopic (exact) mass is 467 g/mol. The molecule has 1 aliphatic carbocycles. The molecule has 1 aliphatic heterocycles. The maximum absolute atomic E-state index is 14.1. The van der Waals surface area contributed by atoms with Gasteiger partial charge in [0.25, 0.3) is 0 Å². The van der Waals surface area contributed by atoms with E-state index >= 15 is 0 Å². The highest BCUT2D eigenvalue weighted by Gasteiger charge is 2.80. The molecule has 6 heteroatoms. The first-order valence-electron chi connectivity index (χ1n) is 11.5. The Morgan fingerprint density at radius 3 is 1.69 bits per heavy atom. The van der Waals surface area contributed by atoms with E-state index < -0.39 is 34.9 Å². The molecule has 5 rings (SSSR count). The molecule has 35 heavy (non-hydrogen) atoms. The number of carbonyl (C=O) groups is 4. The van der Waals surface area contributed by atoms with Crippen molar-refractivity contribution in [1.82, 2.24) is 0 Å². The van der Waals surface area contributed by atoms with Crippen LogP contribution >= 0.6 is 0 Å². The number of benzene rings is 3. The Bertz CT molecular complexity index is 1280. The van der Waals surface area contributed by atoms with E-state index in [2.05, 4.69) is 0 Å². The number of nitrogens with zero attached hydrogens (tertiary/aromatic N) is 1. The summed E-state index contributed by atoms with van der Waals surface area (Å²) in [6, 6.07) is 24.1. The molecule has 1 spiro atoms. The van der Waals surface area contributed by atoms with Crippen molar-refractivity contribution in [3.05, 3.63) is 102 Å². The zero-order valence-corrected chi connectivity index (χ0v) is 19.7. The fourth-order valence-electron chi connectivity index (χ4n) is 5.19. The molecule has 0 bridgehead atoms. The maximum atomic E-state index is 14.1. The summed E-state index contributed by atoms with van der Waals surface area (Å²) in [7, 11) is 0. The molecule has 2 aliphatic rings. The maximum Gasteiger partial charge on any atom is 0.421 e. The summed E-state index contributed by atoms with van der Waals surface area (Å²) in [4.78, 5) is 55.7. The standard InChI is InChI=1S/C29H25NO5/c1-28(2,3)35-27(34)30-21-17-11-10-16-20(21)29(26(30)33)22(24(31)18-12-6-4-7-13-18)23(29)25(32)19-14-8-5-9-15-19/h4-17,22-23H,1-3H3/t22-,23-/m1/s1. The number of anilines is 1. The molecule has 6 nitrogen and oxygen atoms in total. The summed E-state index contributed by atoms with van der Waals surface area (Å²) in [6.07, 6.45) is -0.824. The highest BCUT2D eigenvalue weighted by molar-refractivity contribution is 6.29. The number of hydrogen-bond donors (Lipinski definition) is 0. The lowest BCUT2D eigenvalue weighted by molar-refractivity contribution is -0.120. The summed E-state index contributed by atoms with van der Waals surface area (Å²) in [6.45, 7) is 5.15. The van der Waals surface area contributed by atoms with E-state index in [1.54, 1.807) is 106 Å². The second-order valence-corrected chi connectivity index (χ2v) is 9.92. The molecule has 0 radical (unpaired) electrons. The highest BCUT2D eigenvalue weighted by atomic mass is 16.6. The van der Waals surface area contributed by atoms with E-state index in [4.69, 9.17) is 4.74 Å². The highest BCUT2D eigenvalue weighted by Crippen LogP contribution is 2.67. The number of ketones is 2. The molecule has 0 aromatic heterocycles. The normalized spacial score (nSPS) is 22.6. The van der Waals surface area contributed by atoms with Gasteiger partial charge in [-0.3, -0.25) is 14.4 Å². The van der Waals surface area contributed by atoms with Gasteiger partial charge >= 0.3 is 6.09 Å². The first kappa shape index (κ1) is 22.7. The van der Waals surface area contributed by atoms with Gasteiger partial charge in [-0.25, -0.2) is 9.69 Å². The van der Waals surface area contributed by atoms with Crippen LogP contribution in [0.3, 0.4) is 0 Å². The molecule has 2 amide bonds. The average Bonchev–Trinajstić information content (AvgIpc) is 3.47. The van der Waals surface area contributed by atoms with E-state index in [1.807, 2.05) is 0 Å². The largest absolute Gasteiger partial charge is 0.443 e. The number of rotatable bonds is 4.